The lowest BCUT2D eigenvalue weighted by Gasteiger charge is -2.22. The minimum Gasteiger partial charge on any atom is -0.352 e. The van der Waals surface area contributed by atoms with E-state index in [-0.39, 0.29) is 6.04 Å². The van der Waals surface area contributed by atoms with Gasteiger partial charge in [-0.3, -0.25) is 0 Å². The van der Waals surface area contributed by atoms with Crippen molar-refractivity contribution in [1.29, 1.82) is 0 Å². The third kappa shape index (κ3) is 3.58. The van der Waals surface area contributed by atoms with Gasteiger partial charge in [-0.05, 0) is 26.0 Å². The molecule has 1 aromatic rings. The maximum Gasteiger partial charge on any atom is 0.242 e. The quantitative estimate of drug-likeness (QED) is 0.858. The molecule has 0 aromatic carbocycles. The molecule has 0 aliphatic heterocycles. The Morgan fingerprint density at radius 1 is 1.32 bits per heavy atom. The first-order valence-corrected chi connectivity index (χ1v) is 8.33. The van der Waals surface area contributed by atoms with E-state index in [0.717, 1.165) is 31.4 Å². The predicted octanol–water partition coefficient (Wildman–Crippen LogP) is 1.36. The van der Waals surface area contributed by atoms with Crippen LogP contribution in [0.5, 0.6) is 0 Å². The van der Waals surface area contributed by atoms with Crippen LogP contribution in [-0.2, 0) is 23.6 Å². The number of nitrogens with one attached hydrogen (secondary N) is 2. The van der Waals surface area contributed by atoms with Gasteiger partial charge in [-0.1, -0.05) is 19.3 Å². The highest BCUT2D eigenvalue weighted by Crippen LogP contribution is 2.20. The first kappa shape index (κ1) is 14.6. The van der Waals surface area contributed by atoms with Crippen LogP contribution in [0.3, 0.4) is 0 Å². The number of aromatic nitrogens is 1. The number of hydrogen-bond acceptors (Lipinski definition) is 3. The Labute approximate surface area is 115 Å². The third-order valence-electron chi connectivity index (χ3n) is 3.68. The Balaban J connectivity index is 2.12. The summed E-state index contributed by atoms with van der Waals surface area (Å²) in [6.07, 6.45) is 7.04. The number of nitrogens with zero attached hydrogens (tertiary/aromatic N) is 1. The molecule has 0 spiro atoms. The predicted molar refractivity (Wildman–Crippen MR) is 75.4 cm³/mol. The molecule has 0 amide bonds. The van der Waals surface area contributed by atoms with Gasteiger partial charge in [0.1, 0.15) is 0 Å². The van der Waals surface area contributed by atoms with Gasteiger partial charge < -0.3 is 9.88 Å². The molecule has 108 valence electrons. The van der Waals surface area contributed by atoms with Crippen molar-refractivity contribution in [2.45, 2.75) is 49.6 Å². The molecule has 0 bridgehead atoms. The summed E-state index contributed by atoms with van der Waals surface area (Å²) in [5.41, 5.74) is 0.964. The highest BCUT2D eigenvalue weighted by Gasteiger charge is 2.23. The summed E-state index contributed by atoms with van der Waals surface area (Å²) < 4.78 is 29.3. The zero-order valence-corrected chi connectivity index (χ0v) is 12.5. The van der Waals surface area contributed by atoms with Gasteiger partial charge in [0.15, 0.2) is 0 Å². The van der Waals surface area contributed by atoms with E-state index in [1.54, 1.807) is 12.3 Å². The average molecular weight is 285 g/mol. The van der Waals surface area contributed by atoms with E-state index in [1.165, 1.54) is 6.42 Å². The molecule has 1 fully saturated rings. The van der Waals surface area contributed by atoms with Crippen molar-refractivity contribution in [3.8, 4) is 0 Å². The number of rotatable bonds is 5. The molecule has 2 N–H and O–H groups in total. The second-order valence-electron chi connectivity index (χ2n) is 5.26. The standard InChI is InChI=1S/C13H23N3O2S/c1-14-9-12-8-13(10-16(12)2)19(17,18)15-11-6-4-3-5-7-11/h8,10-11,14-15H,3-7,9H2,1-2H3. The van der Waals surface area contributed by atoms with Crippen molar-refractivity contribution in [3.63, 3.8) is 0 Å². The maximum absolute atomic E-state index is 12.3. The molecule has 1 aromatic heterocycles. The largest absolute Gasteiger partial charge is 0.352 e. The van der Waals surface area contributed by atoms with E-state index in [0.29, 0.717) is 11.4 Å². The van der Waals surface area contributed by atoms with Gasteiger partial charge in [0.25, 0.3) is 0 Å². The Kier molecular flexibility index (Phi) is 4.65. The summed E-state index contributed by atoms with van der Waals surface area (Å²) in [5, 5.41) is 3.03. The molecular weight excluding hydrogens is 262 g/mol. The Hall–Kier alpha value is -0.850. The van der Waals surface area contributed by atoms with Gasteiger partial charge in [0.05, 0.1) is 4.90 Å². The van der Waals surface area contributed by atoms with Gasteiger partial charge >= 0.3 is 0 Å². The van der Waals surface area contributed by atoms with Crippen LogP contribution in [0.1, 0.15) is 37.8 Å². The van der Waals surface area contributed by atoms with E-state index in [4.69, 9.17) is 0 Å². The molecule has 5 nitrogen and oxygen atoms in total. The van der Waals surface area contributed by atoms with Crippen molar-refractivity contribution in [2.24, 2.45) is 7.05 Å². The van der Waals surface area contributed by atoms with Gasteiger partial charge in [0, 0.05) is 31.5 Å². The normalized spacial score (nSPS) is 17.8. The van der Waals surface area contributed by atoms with Crippen LogP contribution in [0.4, 0.5) is 0 Å². The Morgan fingerprint density at radius 2 is 2.00 bits per heavy atom. The monoisotopic (exact) mass is 285 g/mol. The van der Waals surface area contributed by atoms with Gasteiger partial charge in [-0.25, -0.2) is 13.1 Å². The third-order valence-corrected chi connectivity index (χ3v) is 5.17. The SMILES string of the molecule is CNCc1cc(S(=O)(=O)NC2CCCCC2)cn1C. The molecule has 0 radical (unpaired) electrons. The second-order valence-corrected chi connectivity index (χ2v) is 6.98. The summed E-state index contributed by atoms with van der Waals surface area (Å²) in [7, 11) is 0.338. The van der Waals surface area contributed by atoms with E-state index in [9.17, 15) is 8.42 Å². The Morgan fingerprint density at radius 3 is 2.63 bits per heavy atom. The maximum atomic E-state index is 12.3. The fourth-order valence-corrected chi connectivity index (χ4v) is 3.99. The topological polar surface area (TPSA) is 63.1 Å². The minimum absolute atomic E-state index is 0.103. The van der Waals surface area contributed by atoms with Gasteiger partial charge in [0.2, 0.25) is 10.0 Å². The van der Waals surface area contributed by atoms with Gasteiger partial charge in [-0.2, -0.15) is 0 Å². The highest BCUT2D eigenvalue weighted by atomic mass is 32.2. The zero-order valence-electron chi connectivity index (χ0n) is 11.6. The van der Waals surface area contributed by atoms with Crippen molar-refractivity contribution < 1.29 is 8.42 Å². The van der Waals surface area contributed by atoms with Crippen LogP contribution in [0, 0.1) is 0 Å². The van der Waals surface area contributed by atoms with Crippen LogP contribution >= 0.6 is 0 Å². The fraction of sp³-hybridized carbons (Fsp3) is 0.692. The van der Waals surface area contributed by atoms with E-state index in [2.05, 4.69) is 10.0 Å². The molecule has 0 atom stereocenters. The van der Waals surface area contributed by atoms with Crippen LogP contribution < -0.4 is 10.0 Å². The van der Waals surface area contributed by atoms with E-state index < -0.39 is 10.0 Å². The summed E-state index contributed by atoms with van der Waals surface area (Å²) in [5.74, 6) is 0. The van der Waals surface area contributed by atoms with Crippen LogP contribution in [0.15, 0.2) is 17.2 Å². The first-order valence-electron chi connectivity index (χ1n) is 6.85. The molecule has 1 aliphatic carbocycles. The van der Waals surface area contributed by atoms with Crippen LogP contribution in [0.2, 0.25) is 0 Å². The number of sulfonamides is 1. The summed E-state index contributed by atoms with van der Waals surface area (Å²) >= 11 is 0. The van der Waals surface area contributed by atoms with Crippen LogP contribution in [-0.4, -0.2) is 26.1 Å². The average Bonchev–Trinajstić information content (AvgIpc) is 2.73. The summed E-state index contributed by atoms with van der Waals surface area (Å²) in [6, 6.07) is 1.84. The van der Waals surface area contributed by atoms with E-state index >= 15 is 0 Å². The summed E-state index contributed by atoms with van der Waals surface area (Å²) in [4.78, 5) is 0.367. The lowest BCUT2D eigenvalue weighted by Crippen LogP contribution is -2.36. The zero-order chi connectivity index (χ0) is 13.9. The minimum atomic E-state index is -3.38. The molecule has 2 rings (SSSR count). The lowest BCUT2D eigenvalue weighted by molar-refractivity contribution is 0.412. The molecular formula is C13H23N3O2S. The molecule has 6 heteroatoms. The van der Waals surface area contributed by atoms with Crippen molar-refractivity contribution >= 4 is 10.0 Å². The van der Waals surface area contributed by atoms with Crippen molar-refractivity contribution in [1.82, 2.24) is 14.6 Å². The number of hydrogen-bond donors (Lipinski definition) is 2. The lowest BCUT2D eigenvalue weighted by atomic mass is 9.96. The first-order chi connectivity index (χ1) is 9.03. The number of aryl methyl sites for hydroxylation is 1. The van der Waals surface area contributed by atoms with Gasteiger partial charge in [-0.15, -0.1) is 0 Å². The fourth-order valence-electron chi connectivity index (χ4n) is 2.59. The summed E-state index contributed by atoms with van der Waals surface area (Å²) in [6.45, 7) is 0.662. The molecule has 1 heterocycles. The smallest absolute Gasteiger partial charge is 0.242 e. The molecule has 0 unspecified atom stereocenters. The molecule has 0 saturated heterocycles. The Bertz CT molecular complexity index is 516. The van der Waals surface area contributed by atoms with Crippen molar-refractivity contribution in [2.75, 3.05) is 7.05 Å². The second kappa shape index (κ2) is 6.07. The molecule has 1 saturated carbocycles. The highest BCUT2D eigenvalue weighted by molar-refractivity contribution is 7.89. The molecule has 1 aliphatic rings. The molecule has 19 heavy (non-hydrogen) atoms. The van der Waals surface area contributed by atoms with E-state index in [1.807, 2.05) is 18.7 Å². The van der Waals surface area contributed by atoms with Crippen LogP contribution in [0.25, 0.3) is 0 Å². The van der Waals surface area contributed by atoms with Crippen molar-refractivity contribution in [3.05, 3.63) is 18.0 Å².